The topological polar surface area (TPSA) is 78.7 Å². The van der Waals surface area contributed by atoms with Gasteiger partial charge in [0.15, 0.2) is 5.65 Å². The first-order valence-corrected chi connectivity index (χ1v) is 8.65. The van der Waals surface area contributed by atoms with Gasteiger partial charge in [-0.1, -0.05) is 0 Å². The summed E-state index contributed by atoms with van der Waals surface area (Å²) in [5.74, 6) is 1.38. The highest BCUT2D eigenvalue weighted by Gasteiger charge is 2.32. The minimum atomic E-state index is 0.139. The molecule has 4 heterocycles. The highest BCUT2D eigenvalue weighted by atomic mass is 16.2. The number of piperidine rings is 1. The zero-order valence-corrected chi connectivity index (χ0v) is 13.9. The SMILES string of the molecule is C[C@@H]1CNCCN1C(=O)C1CCN(c2ccc3nncn3n2)CC1. The summed E-state index contributed by atoms with van der Waals surface area (Å²) in [6, 6.07) is 4.20. The van der Waals surface area contributed by atoms with Crippen molar-refractivity contribution in [1.29, 1.82) is 0 Å². The van der Waals surface area contributed by atoms with Crippen molar-refractivity contribution in [3.63, 3.8) is 0 Å². The third-order valence-corrected chi connectivity index (χ3v) is 5.10. The maximum absolute atomic E-state index is 12.8. The van der Waals surface area contributed by atoms with Gasteiger partial charge in [-0.15, -0.1) is 15.3 Å². The van der Waals surface area contributed by atoms with Crippen LogP contribution >= 0.6 is 0 Å². The van der Waals surface area contributed by atoms with Gasteiger partial charge >= 0.3 is 0 Å². The van der Waals surface area contributed by atoms with Crippen molar-refractivity contribution in [2.24, 2.45) is 5.92 Å². The van der Waals surface area contributed by atoms with Crippen LogP contribution in [-0.4, -0.2) is 69.4 Å². The molecule has 2 aromatic heterocycles. The number of fused-ring (bicyclic) bond motifs is 1. The van der Waals surface area contributed by atoms with Gasteiger partial charge in [0.05, 0.1) is 0 Å². The molecule has 2 aliphatic rings. The lowest BCUT2D eigenvalue weighted by molar-refractivity contribution is -0.139. The molecule has 0 unspecified atom stereocenters. The molecule has 0 spiro atoms. The Labute approximate surface area is 140 Å². The van der Waals surface area contributed by atoms with E-state index in [9.17, 15) is 4.79 Å². The van der Waals surface area contributed by atoms with E-state index in [0.29, 0.717) is 11.9 Å². The van der Waals surface area contributed by atoms with E-state index in [1.165, 1.54) is 0 Å². The smallest absolute Gasteiger partial charge is 0.226 e. The van der Waals surface area contributed by atoms with E-state index in [0.717, 1.165) is 57.0 Å². The zero-order valence-electron chi connectivity index (χ0n) is 13.9. The number of nitrogens with zero attached hydrogens (tertiary/aromatic N) is 6. The minimum absolute atomic E-state index is 0.139. The third kappa shape index (κ3) is 2.82. The molecule has 8 nitrogen and oxygen atoms in total. The molecular formula is C16H23N7O. The Balaban J connectivity index is 1.40. The summed E-state index contributed by atoms with van der Waals surface area (Å²) < 4.78 is 1.69. The fourth-order valence-electron chi connectivity index (χ4n) is 3.65. The normalized spacial score (nSPS) is 23.0. The van der Waals surface area contributed by atoms with Crippen LogP contribution in [0.4, 0.5) is 5.82 Å². The Morgan fingerprint density at radius 1 is 1.25 bits per heavy atom. The molecule has 8 heteroatoms. The number of aromatic nitrogens is 4. The second-order valence-corrected chi connectivity index (χ2v) is 6.67. The molecule has 2 fully saturated rings. The average molecular weight is 329 g/mol. The summed E-state index contributed by atoms with van der Waals surface area (Å²) in [4.78, 5) is 17.1. The van der Waals surface area contributed by atoms with Crippen molar-refractivity contribution in [2.45, 2.75) is 25.8 Å². The molecule has 1 N–H and O–H groups in total. The lowest BCUT2D eigenvalue weighted by Gasteiger charge is -2.39. The molecule has 0 radical (unpaired) electrons. The largest absolute Gasteiger partial charge is 0.355 e. The number of hydrogen-bond acceptors (Lipinski definition) is 6. The fourth-order valence-corrected chi connectivity index (χ4v) is 3.65. The number of hydrogen-bond donors (Lipinski definition) is 1. The van der Waals surface area contributed by atoms with Crippen molar-refractivity contribution >= 4 is 17.4 Å². The van der Waals surface area contributed by atoms with E-state index in [2.05, 4.69) is 37.3 Å². The summed E-state index contributed by atoms with van der Waals surface area (Å²) in [7, 11) is 0. The fraction of sp³-hybridized carbons (Fsp3) is 0.625. The van der Waals surface area contributed by atoms with Gasteiger partial charge in [-0.25, -0.2) is 0 Å². The molecule has 0 bridgehead atoms. The number of piperazine rings is 1. The van der Waals surface area contributed by atoms with E-state index < -0.39 is 0 Å². The monoisotopic (exact) mass is 329 g/mol. The number of carbonyl (C=O) groups excluding carboxylic acids is 1. The van der Waals surface area contributed by atoms with E-state index >= 15 is 0 Å². The molecule has 1 amide bonds. The Bertz CT molecular complexity index is 722. The summed E-state index contributed by atoms with van der Waals surface area (Å²) in [6.45, 7) is 6.46. The molecular weight excluding hydrogens is 306 g/mol. The van der Waals surface area contributed by atoms with E-state index in [4.69, 9.17) is 0 Å². The van der Waals surface area contributed by atoms with Crippen LogP contribution in [-0.2, 0) is 4.79 Å². The first kappa shape index (κ1) is 15.3. The molecule has 4 rings (SSSR count). The van der Waals surface area contributed by atoms with Crippen LogP contribution in [0, 0.1) is 5.92 Å². The van der Waals surface area contributed by atoms with E-state index in [-0.39, 0.29) is 5.92 Å². The Morgan fingerprint density at radius 3 is 2.88 bits per heavy atom. The molecule has 2 aliphatic heterocycles. The first-order valence-electron chi connectivity index (χ1n) is 8.65. The quantitative estimate of drug-likeness (QED) is 0.846. The van der Waals surface area contributed by atoms with Crippen LogP contribution in [0.3, 0.4) is 0 Å². The minimum Gasteiger partial charge on any atom is -0.355 e. The van der Waals surface area contributed by atoms with Crippen LogP contribution in [0.5, 0.6) is 0 Å². The van der Waals surface area contributed by atoms with Gasteiger partial charge in [-0.3, -0.25) is 4.79 Å². The maximum atomic E-state index is 12.8. The van der Waals surface area contributed by atoms with E-state index in [1.54, 1.807) is 10.8 Å². The highest BCUT2D eigenvalue weighted by molar-refractivity contribution is 5.79. The van der Waals surface area contributed by atoms with Crippen LogP contribution in [0.1, 0.15) is 19.8 Å². The van der Waals surface area contributed by atoms with Crippen molar-refractivity contribution in [2.75, 3.05) is 37.6 Å². The Morgan fingerprint density at radius 2 is 2.08 bits per heavy atom. The lowest BCUT2D eigenvalue weighted by atomic mass is 9.94. The summed E-state index contributed by atoms with van der Waals surface area (Å²) in [5.41, 5.74) is 0.747. The molecule has 2 saturated heterocycles. The van der Waals surface area contributed by atoms with Crippen molar-refractivity contribution in [3.05, 3.63) is 18.5 Å². The van der Waals surface area contributed by atoms with E-state index in [1.807, 2.05) is 12.1 Å². The van der Waals surface area contributed by atoms with Gasteiger partial charge in [0.1, 0.15) is 12.1 Å². The lowest BCUT2D eigenvalue weighted by Crippen LogP contribution is -2.54. The molecule has 128 valence electrons. The predicted octanol–water partition coefficient (Wildman–Crippen LogP) is 0.161. The summed E-state index contributed by atoms with van der Waals surface area (Å²) >= 11 is 0. The number of rotatable bonds is 2. The molecule has 2 aromatic rings. The third-order valence-electron chi connectivity index (χ3n) is 5.10. The molecule has 0 saturated carbocycles. The van der Waals surface area contributed by atoms with Crippen LogP contribution in [0.15, 0.2) is 18.5 Å². The number of nitrogens with one attached hydrogen (secondary N) is 1. The second kappa shape index (κ2) is 6.35. The summed E-state index contributed by atoms with van der Waals surface area (Å²) in [6.07, 6.45) is 3.38. The van der Waals surface area contributed by atoms with Gasteiger partial charge in [-0.2, -0.15) is 4.52 Å². The van der Waals surface area contributed by atoms with Crippen LogP contribution in [0.2, 0.25) is 0 Å². The van der Waals surface area contributed by atoms with Gasteiger partial charge < -0.3 is 15.1 Å². The van der Waals surface area contributed by atoms with Gasteiger partial charge in [0, 0.05) is 44.7 Å². The molecule has 1 atom stereocenters. The highest BCUT2D eigenvalue weighted by Crippen LogP contribution is 2.24. The summed E-state index contributed by atoms with van der Waals surface area (Å²) in [5, 5.41) is 15.7. The van der Waals surface area contributed by atoms with Crippen LogP contribution < -0.4 is 10.2 Å². The maximum Gasteiger partial charge on any atom is 0.226 e. The Hall–Kier alpha value is -2.22. The number of amides is 1. The predicted molar refractivity (Wildman–Crippen MR) is 89.8 cm³/mol. The zero-order chi connectivity index (χ0) is 16.5. The number of anilines is 1. The number of carbonyl (C=O) groups is 1. The Kier molecular flexibility index (Phi) is 4.05. The van der Waals surface area contributed by atoms with Gasteiger partial charge in [-0.05, 0) is 31.9 Å². The average Bonchev–Trinajstić information content (AvgIpc) is 3.09. The first-order chi connectivity index (χ1) is 11.7. The standard InChI is InChI=1S/C16H23N7O/c1-12-10-17-6-9-22(12)16(24)13-4-7-21(8-5-13)15-3-2-14-19-18-11-23(14)20-15/h2-3,11-13,17H,4-10H2,1H3/t12-/m1/s1. The second-order valence-electron chi connectivity index (χ2n) is 6.67. The van der Waals surface area contributed by atoms with Crippen molar-refractivity contribution in [3.8, 4) is 0 Å². The molecule has 0 aromatic carbocycles. The van der Waals surface area contributed by atoms with Crippen molar-refractivity contribution in [1.82, 2.24) is 30.0 Å². The van der Waals surface area contributed by atoms with Gasteiger partial charge in [0.25, 0.3) is 0 Å². The molecule has 24 heavy (non-hydrogen) atoms. The van der Waals surface area contributed by atoms with Crippen LogP contribution in [0.25, 0.3) is 5.65 Å². The van der Waals surface area contributed by atoms with Crippen molar-refractivity contribution < 1.29 is 4.79 Å². The van der Waals surface area contributed by atoms with Gasteiger partial charge in [0.2, 0.25) is 5.91 Å². The molecule has 0 aliphatic carbocycles.